The van der Waals surface area contributed by atoms with Gasteiger partial charge in [-0.25, -0.2) is 4.98 Å². The molecule has 0 N–H and O–H groups in total. The maximum atomic E-state index is 13.6. The topological polar surface area (TPSA) is 62.7 Å². The number of nitrogens with zero attached hydrogens (tertiary/aromatic N) is 3. The molecule has 1 saturated heterocycles. The van der Waals surface area contributed by atoms with Crippen LogP contribution in [-0.2, 0) is 4.74 Å². The third kappa shape index (κ3) is 5.18. The Morgan fingerprint density at radius 3 is 2.58 bits per heavy atom. The number of benzene rings is 2. The molecule has 1 fully saturated rings. The zero-order valence-electron chi connectivity index (χ0n) is 17.6. The van der Waals surface area contributed by atoms with Gasteiger partial charge in [0.05, 0.1) is 28.9 Å². The zero-order chi connectivity index (χ0) is 23.5. The normalized spacial score (nSPS) is 15.6. The molecule has 1 unspecified atom stereocenters. The Kier molecular flexibility index (Phi) is 7.56. The molecule has 10 heteroatoms. The maximum absolute atomic E-state index is 13.6. The molecule has 0 radical (unpaired) electrons. The van der Waals surface area contributed by atoms with Gasteiger partial charge in [0, 0.05) is 29.1 Å². The van der Waals surface area contributed by atoms with Crippen LogP contribution in [0.2, 0.25) is 15.1 Å². The first-order valence-corrected chi connectivity index (χ1v) is 12.2. The van der Waals surface area contributed by atoms with Gasteiger partial charge < -0.3 is 9.64 Å². The van der Waals surface area contributed by atoms with Crippen molar-refractivity contribution in [2.75, 3.05) is 25.2 Å². The summed E-state index contributed by atoms with van der Waals surface area (Å²) in [7, 11) is 1.62. The number of likely N-dealkylation sites (tertiary alicyclic amines) is 1. The van der Waals surface area contributed by atoms with Crippen LogP contribution < -0.4 is 4.90 Å². The van der Waals surface area contributed by atoms with Crippen LogP contribution in [0, 0.1) is 0 Å². The molecule has 2 heterocycles. The molecule has 172 valence electrons. The fourth-order valence-electron chi connectivity index (χ4n) is 3.77. The third-order valence-electron chi connectivity index (χ3n) is 5.35. The average Bonchev–Trinajstić information content (AvgIpc) is 3.45. The predicted octanol–water partition coefficient (Wildman–Crippen LogP) is 6.33. The van der Waals surface area contributed by atoms with E-state index in [0.29, 0.717) is 34.0 Å². The van der Waals surface area contributed by atoms with Gasteiger partial charge in [0.1, 0.15) is 5.69 Å². The fourth-order valence-corrected chi connectivity index (χ4v) is 5.20. The number of halogens is 3. The second-order valence-electron chi connectivity index (χ2n) is 7.51. The Morgan fingerprint density at radius 1 is 1.15 bits per heavy atom. The first-order chi connectivity index (χ1) is 15.9. The highest BCUT2D eigenvalue weighted by atomic mass is 35.5. The number of thiazole rings is 1. The van der Waals surface area contributed by atoms with Gasteiger partial charge in [-0.1, -0.05) is 34.8 Å². The Labute approximate surface area is 210 Å². The van der Waals surface area contributed by atoms with Gasteiger partial charge in [0.15, 0.2) is 5.13 Å². The molecule has 0 spiro atoms. The Bertz CT molecular complexity index is 1170. The third-order valence-corrected chi connectivity index (χ3v) is 6.97. The maximum Gasteiger partial charge on any atom is 0.273 e. The molecule has 6 nitrogen and oxygen atoms in total. The highest BCUT2D eigenvalue weighted by Gasteiger charge is 2.32. The van der Waals surface area contributed by atoms with Gasteiger partial charge in [-0.15, -0.1) is 11.3 Å². The molecule has 1 atom stereocenters. The minimum absolute atomic E-state index is 0.0227. The van der Waals surface area contributed by atoms with E-state index in [9.17, 15) is 9.59 Å². The standard InChI is InChI=1S/C23H20Cl3N3O3S/c1-32-12-17-3-2-10-28(17)22(31)20-13-33-23(27-20)29(16-7-4-14(24)5-8-16)21(30)18-9-6-15(25)11-19(18)26/h4-9,11,13,17H,2-3,10,12H2,1H3. The van der Waals surface area contributed by atoms with E-state index >= 15 is 0 Å². The summed E-state index contributed by atoms with van der Waals surface area (Å²) in [5.41, 5.74) is 1.09. The summed E-state index contributed by atoms with van der Waals surface area (Å²) in [6, 6.07) is 11.5. The number of carbonyl (C=O) groups is 2. The van der Waals surface area contributed by atoms with Gasteiger partial charge in [-0.3, -0.25) is 14.5 Å². The van der Waals surface area contributed by atoms with Crippen molar-refractivity contribution in [2.45, 2.75) is 18.9 Å². The lowest BCUT2D eigenvalue weighted by Crippen LogP contribution is -2.38. The average molecular weight is 525 g/mol. The molecule has 1 aliphatic heterocycles. The van der Waals surface area contributed by atoms with Crippen molar-refractivity contribution in [1.82, 2.24) is 9.88 Å². The van der Waals surface area contributed by atoms with Crippen LogP contribution in [0.1, 0.15) is 33.7 Å². The molecule has 2 amide bonds. The summed E-state index contributed by atoms with van der Waals surface area (Å²) in [6.07, 6.45) is 1.81. The second kappa shape index (κ2) is 10.4. The number of aromatic nitrogens is 1. The highest BCUT2D eigenvalue weighted by molar-refractivity contribution is 7.14. The van der Waals surface area contributed by atoms with Crippen molar-refractivity contribution in [2.24, 2.45) is 0 Å². The van der Waals surface area contributed by atoms with E-state index in [0.717, 1.165) is 12.8 Å². The molecular formula is C23H20Cl3N3O3S. The molecule has 0 bridgehead atoms. The predicted molar refractivity (Wildman–Crippen MR) is 132 cm³/mol. The van der Waals surface area contributed by atoms with Crippen molar-refractivity contribution < 1.29 is 14.3 Å². The number of amides is 2. The minimum Gasteiger partial charge on any atom is -0.383 e. The first-order valence-electron chi connectivity index (χ1n) is 10.2. The molecule has 1 aliphatic rings. The number of hydrogen-bond donors (Lipinski definition) is 0. The SMILES string of the molecule is COCC1CCCN1C(=O)c1csc(N(C(=O)c2ccc(Cl)cc2Cl)c2ccc(Cl)cc2)n1. The Balaban J connectivity index is 1.70. The molecule has 1 aromatic heterocycles. The lowest BCUT2D eigenvalue weighted by atomic mass is 10.2. The van der Waals surface area contributed by atoms with E-state index in [1.807, 2.05) is 0 Å². The number of hydrogen-bond acceptors (Lipinski definition) is 5. The summed E-state index contributed by atoms with van der Waals surface area (Å²) < 4.78 is 5.26. The van der Waals surface area contributed by atoms with Crippen LogP contribution in [0.4, 0.5) is 10.8 Å². The van der Waals surface area contributed by atoms with E-state index in [4.69, 9.17) is 39.5 Å². The minimum atomic E-state index is -0.397. The van der Waals surface area contributed by atoms with E-state index in [-0.39, 0.29) is 28.2 Å². The summed E-state index contributed by atoms with van der Waals surface area (Å²) in [5.74, 6) is -0.573. The van der Waals surface area contributed by atoms with Crippen molar-refractivity contribution in [3.8, 4) is 0 Å². The van der Waals surface area contributed by atoms with Gasteiger partial charge in [-0.05, 0) is 55.3 Å². The molecule has 33 heavy (non-hydrogen) atoms. The number of anilines is 2. The van der Waals surface area contributed by atoms with E-state index in [1.165, 1.54) is 22.3 Å². The number of rotatable bonds is 6. The summed E-state index contributed by atoms with van der Waals surface area (Å²) in [4.78, 5) is 34.4. The molecule has 3 aromatic rings. The van der Waals surface area contributed by atoms with Crippen molar-refractivity contribution >= 4 is 68.8 Å². The zero-order valence-corrected chi connectivity index (χ0v) is 20.7. The largest absolute Gasteiger partial charge is 0.383 e. The molecular weight excluding hydrogens is 505 g/mol. The van der Waals surface area contributed by atoms with E-state index in [2.05, 4.69) is 4.98 Å². The summed E-state index contributed by atoms with van der Waals surface area (Å²) in [6.45, 7) is 1.13. The van der Waals surface area contributed by atoms with Crippen LogP contribution in [0.15, 0.2) is 47.8 Å². The smallest absolute Gasteiger partial charge is 0.273 e. The van der Waals surface area contributed by atoms with Crippen molar-refractivity contribution in [3.63, 3.8) is 0 Å². The van der Waals surface area contributed by atoms with Gasteiger partial charge in [-0.2, -0.15) is 0 Å². The number of ether oxygens (including phenoxy) is 1. The lowest BCUT2D eigenvalue weighted by molar-refractivity contribution is 0.0625. The lowest BCUT2D eigenvalue weighted by Gasteiger charge is -2.23. The Hall–Kier alpha value is -2.16. The monoisotopic (exact) mass is 523 g/mol. The second-order valence-corrected chi connectivity index (χ2v) is 9.62. The van der Waals surface area contributed by atoms with Crippen LogP contribution >= 0.6 is 46.1 Å². The number of carbonyl (C=O) groups excluding carboxylic acids is 2. The van der Waals surface area contributed by atoms with Crippen LogP contribution in [-0.4, -0.2) is 48.0 Å². The van der Waals surface area contributed by atoms with Gasteiger partial charge in [0.25, 0.3) is 11.8 Å². The van der Waals surface area contributed by atoms with Crippen molar-refractivity contribution in [1.29, 1.82) is 0 Å². The molecule has 4 rings (SSSR count). The fraction of sp³-hybridized carbons (Fsp3) is 0.261. The van der Waals surface area contributed by atoms with Crippen LogP contribution in [0.3, 0.4) is 0 Å². The first kappa shape index (κ1) is 24.0. The van der Waals surface area contributed by atoms with E-state index < -0.39 is 5.91 Å². The number of methoxy groups -OCH3 is 1. The molecule has 0 saturated carbocycles. The molecule has 0 aliphatic carbocycles. The Morgan fingerprint density at radius 2 is 1.88 bits per heavy atom. The summed E-state index contributed by atoms with van der Waals surface area (Å²) >= 11 is 19.6. The van der Waals surface area contributed by atoms with Crippen LogP contribution in [0.5, 0.6) is 0 Å². The highest BCUT2D eigenvalue weighted by Crippen LogP contribution is 2.34. The molecule has 2 aromatic carbocycles. The van der Waals surface area contributed by atoms with Gasteiger partial charge >= 0.3 is 0 Å². The quantitative estimate of drug-likeness (QED) is 0.378. The van der Waals surface area contributed by atoms with Crippen molar-refractivity contribution in [3.05, 3.63) is 74.2 Å². The van der Waals surface area contributed by atoms with Gasteiger partial charge in [0.2, 0.25) is 0 Å². The van der Waals surface area contributed by atoms with E-state index in [1.54, 1.807) is 53.8 Å². The van der Waals surface area contributed by atoms with Crippen LogP contribution in [0.25, 0.3) is 0 Å². The summed E-state index contributed by atoms with van der Waals surface area (Å²) in [5, 5.41) is 3.19.